The van der Waals surface area contributed by atoms with Crippen molar-refractivity contribution in [1.82, 2.24) is 0 Å². The first-order valence-corrected chi connectivity index (χ1v) is 22.0. The summed E-state index contributed by atoms with van der Waals surface area (Å²) in [5.74, 6) is -0.493. The number of hydrogen-bond acceptors (Lipinski definition) is 15. The number of carbonyl (C=O) groups excluding carboxylic acids is 1. The highest BCUT2D eigenvalue weighted by atomic mass is 16.6. The maximum atomic E-state index is 11.4. The molecule has 0 spiro atoms. The van der Waals surface area contributed by atoms with Crippen molar-refractivity contribution in [2.24, 2.45) is 0 Å². The molecule has 0 aliphatic rings. The zero-order valence-corrected chi connectivity index (χ0v) is 35.9. The monoisotopic (exact) mass is 829 g/mol. The molecule has 0 aliphatic carbocycles. The van der Waals surface area contributed by atoms with Gasteiger partial charge in [-0.3, -0.25) is 4.79 Å². The standard InChI is InChI=1S/C42H84O15/c1-2-3-4-5-6-7-8-9-10-11-12-13-14-15-17-46-19-21-48-23-25-50-27-29-52-31-33-54-35-37-56-38-36-55-34-32-53-30-28-51-26-24-49-22-20-47-18-16-42(45)57-40-41(44)39-43/h41,43-44H,2-40H2,1H3. The molecule has 0 rings (SSSR count). The molecule has 57 heavy (non-hydrogen) atoms. The first-order valence-electron chi connectivity index (χ1n) is 22.0. The van der Waals surface area contributed by atoms with Crippen LogP contribution in [0.3, 0.4) is 0 Å². The molecule has 0 aromatic rings. The van der Waals surface area contributed by atoms with Crippen LogP contribution in [0.15, 0.2) is 0 Å². The lowest BCUT2D eigenvalue weighted by atomic mass is 10.0. The van der Waals surface area contributed by atoms with E-state index in [0.717, 1.165) is 13.0 Å². The van der Waals surface area contributed by atoms with Gasteiger partial charge in [0.05, 0.1) is 152 Å². The summed E-state index contributed by atoms with van der Waals surface area (Å²) in [7, 11) is 0. The van der Waals surface area contributed by atoms with Gasteiger partial charge in [0.1, 0.15) is 12.7 Å². The molecule has 0 saturated carbocycles. The van der Waals surface area contributed by atoms with E-state index in [1.54, 1.807) is 0 Å². The van der Waals surface area contributed by atoms with Gasteiger partial charge in [0.25, 0.3) is 0 Å². The van der Waals surface area contributed by atoms with Crippen LogP contribution in [0, 0.1) is 0 Å². The van der Waals surface area contributed by atoms with Crippen molar-refractivity contribution in [1.29, 1.82) is 0 Å². The second-order valence-electron chi connectivity index (χ2n) is 13.6. The van der Waals surface area contributed by atoms with Gasteiger partial charge < -0.3 is 67.1 Å². The van der Waals surface area contributed by atoms with Crippen molar-refractivity contribution in [2.75, 3.05) is 159 Å². The minimum Gasteiger partial charge on any atom is -0.463 e. The van der Waals surface area contributed by atoms with Gasteiger partial charge in [-0.25, -0.2) is 0 Å². The van der Waals surface area contributed by atoms with Gasteiger partial charge in [-0.1, -0.05) is 90.4 Å². The minimum absolute atomic E-state index is 0.0684. The fraction of sp³-hybridized carbons (Fsp3) is 0.976. The van der Waals surface area contributed by atoms with Gasteiger partial charge in [0.15, 0.2) is 0 Å². The summed E-state index contributed by atoms with van der Waals surface area (Å²) < 4.78 is 65.1. The third kappa shape index (κ3) is 51.0. The quantitative estimate of drug-likeness (QED) is 0.0625. The lowest BCUT2D eigenvalue weighted by Gasteiger charge is -2.09. The maximum Gasteiger partial charge on any atom is 0.308 e. The van der Waals surface area contributed by atoms with E-state index in [-0.39, 0.29) is 19.6 Å². The summed E-state index contributed by atoms with van der Waals surface area (Å²) in [4.78, 5) is 11.4. The molecule has 1 unspecified atom stereocenters. The number of carbonyl (C=O) groups is 1. The van der Waals surface area contributed by atoms with Crippen LogP contribution in [0.4, 0.5) is 0 Å². The molecule has 0 fully saturated rings. The Labute approximate surface area is 345 Å². The summed E-state index contributed by atoms with van der Waals surface area (Å²) in [5, 5.41) is 17.8. The Hall–Kier alpha value is -1.05. The molecular weight excluding hydrogens is 744 g/mol. The molecule has 0 aromatic carbocycles. The number of rotatable bonds is 51. The van der Waals surface area contributed by atoms with Crippen molar-refractivity contribution in [2.45, 2.75) is 109 Å². The van der Waals surface area contributed by atoms with E-state index in [9.17, 15) is 4.79 Å². The lowest BCUT2D eigenvalue weighted by molar-refractivity contribution is -0.148. The SMILES string of the molecule is CCCCCCCCCCCCCCCCOCCOCCOCCOCCOCCOCCOCCOCCOCCOCCOCCC(=O)OCC(O)CO. The zero-order chi connectivity index (χ0) is 41.2. The predicted octanol–water partition coefficient (Wildman–Crippen LogP) is 4.94. The van der Waals surface area contributed by atoms with Gasteiger partial charge in [-0.2, -0.15) is 0 Å². The van der Waals surface area contributed by atoms with Crippen LogP contribution in [0.5, 0.6) is 0 Å². The Bertz CT molecular complexity index is 752. The van der Waals surface area contributed by atoms with Crippen LogP contribution < -0.4 is 0 Å². The summed E-state index contributed by atoms with van der Waals surface area (Å²) >= 11 is 0. The molecule has 0 aliphatic heterocycles. The molecule has 342 valence electrons. The number of hydrogen-bond donors (Lipinski definition) is 2. The molecule has 0 bridgehead atoms. The molecule has 1 atom stereocenters. The van der Waals surface area contributed by atoms with Crippen molar-refractivity contribution in [3.05, 3.63) is 0 Å². The smallest absolute Gasteiger partial charge is 0.308 e. The van der Waals surface area contributed by atoms with Gasteiger partial charge in [0, 0.05) is 6.61 Å². The second kappa shape index (κ2) is 51.1. The number of aliphatic hydroxyl groups is 2. The van der Waals surface area contributed by atoms with Gasteiger partial charge in [-0.15, -0.1) is 0 Å². The van der Waals surface area contributed by atoms with E-state index in [1.165, 1.54) is 83.5 Å². The van der Waals surface area contributed by atoms with Crippen LogP contribution >= 0.6 is 0 Å². The highest BCUT2D eigenvalue weighted by Crippen LogP contribution is 2.13. The highest BCUT2D eigenvalue weighted by Gasteiger charge is 2.07. The van der Waals surface area contributed by atoms with Gasteiger partial charge in [-0.05, 0) is 6.42 Å². The van der Waals surface area contributed by atoms with Crippen LogP contribution in [-0.2, 0) is 61.6 Å². The third-order valence-electron chi connectivity index (χ3n) is 8.46. The maximum absolute atomic E-state index is 11.4. The number of unbranched alkanes of at least 4 members (excludes halogenated alkanes) is 13. The van der Waals surface area contributed by atoms with Crippen LogP contribution in [0.2, 0.25) is 0 Å². The Morgan fingerprint density at radius 3 is 0.895 bits per heavy atom. The van der Waals surface area contributed by atoms with Crippen molar-refractivity contribution in [3.63, 3.8) is 0 Å². The zero-order valence-electron chi connectivity index (χ0n) is 35.9. The van der Waals surface area contributed by atoms with Crippen molar-refractivity contribution >= 4 is 5.97 Å². The Kier molecular flexibility index (Phi) is 50.2. The van der Waals surface area contributed by atoms with E-state index < -0.39 is 18.7 Å². The molecule has 0 saturated heterocycles. The van der Waals surface area contributed by atoms with Crippen LogP contribution in [0.1, 0.15) is 103 Å². The number of esters is 1. The summed E-state index contributed by atoms with van der Waals surface area (Å²) in [6, 6.07) is 0. The van der Waals surface area contributed by atoms with Gasteiger partial charge >= 0.3 is 5.97 Å². The Morgan fingerprint density at radius 1 is 0.368 bits per heavy atom. The highest BCUT2D eigenvalue weighted by molar-refractivity contribution is 5.69. The summed E-state index contributed by atoms with van der Waals surface area (Å²) in [6.07, 6.45) is 18.2. The first kappa shape index (κ1) is 55.9. The molecule has 0 heterocycles. The largest absolute Gasteiger partial charge is 0.463 e. The van der Waals surface area contributed by atoms with E-state index >= 15 is 0 Å². The van der Waals surface area contributed by atoms with E-state index in [4.69, 9.17) is 67.1 Å². The van der Waals surface area contributed by atoms with Crippen LogP contribution in [0.25, 0.3) is 0 Å². The molecule has 15 nitrogen and oxygen atoms in total. The topological polar surface area (TPSA) is 168 Å². The molecule has 2 N–H and O–H groups in total. The average molecular weight is 829 g/mol. The first-order chi connectivity index (χ1) is 28.2. The molecule has 0 radical (unpaired) electrons. The molecule has 0 amide bonds. The number of aliphatic hydroxyl groups excluding tert-OH is 2. The number of ether oxygens (including phenoxy) is 12. The minimum atomic E-state index is -1.06. The van der Waals surface area contributed by atoms with E-state index in [1.807, 2.05) is 0 Å². The molecule has 0 aromatic heterocycles. The fourth-order valence-electron chi connectivity index (χ4n) is 5.17. The Morgan fingerprint density at radius 2 is 0.614 bits per heavy atom. The van der Waals surface area contributed by atoms with Gasteiger partial charge in [0.2, 0.25) is 0 Å². The molecule has 15 heteroatoms. The van der Waals surface area contributed by atoms with E-state index in [0.29, 0.717) is 132 Å². The lowest BCUT2D eigenvalue weighted by Crippen LogP contribution is -2.22. The summed E-state index contributed by atoms with van der Waals surface area (Å²) in [6.45, 7) is 12.5. The average Bonchev–Trinajstić information content (AvgIpc) is 3.22. The normalized spacial score (nSPS) is 12.1. The molecular formula is C42H84O15. The third-order valence-corrected chi connectivity index (χ3v) is 8.46. The summed E-state index contributed by atoms with van der Waals surface area (Å²) in [5.41, 5.74) is 0. The fourth-order valence-corrected chi connectivity index (χ4v) is 5.17. The van der Waals surface area contributed by atoms with Crippen molar-refractivity contribution < 1.29 is 71.8 Å². The Balaban J connectivity index is 3.09. The van der Waals surface area contributed by atoms with Crippen molar-refractivity contribution in [3.8, 4) is 0 Å². The van der Waals surface area contributed by atoms with E-state index in [2.05, 4.69) is 6.92 Å². The predicted molar refractivity (Wildman–Crippen MR) is 218 cm³/mol. The van der Waals surface area contributed by atoms with Crippen LogP contribution in [-0.4, -0.2) is 181 Å². The second-order valence-corrected chi connectivity index (χ2v) is 13.6.